The maximum absolute atomic E-state index is 8.94. The highest BCUT2D eigenvalue weighted by Gasteiger charge is 2.18. The van der Waals surface area contributed by atoms with Crippen LogP contribution in [0.5, 0.6) is 0 Å². The monoisotopic (exact) mass is 117 g/mol. The zero-order chi connectivity index (χ0) is 5.28. The molecular formula is C6H15NO. The summed E-state index contributed by atoms with van der Waals surface area (Å²) in [5, 5.41) is 12.0. The van der Waals surface area contributed by atoms with Crippen molar-refractivity contribution in [3.8, 4) is 0 Å². The topological polar surface area (TPSA) is 32.3 Å². The molecule has 2 nitrogen and oxygen atoms in total. The number of nitrogens with one attached hydrogen (secondary N) is 1. The maximum Gasteiger partial charge on any atom is 0.0702 e. The molecule has 8 heavy (non-hydrogen) atoms. The van der Waals surface area contributed by atoms with Gasteiger partial charge in [-0.15, -0.1) is 0 Å². The molecule has 0 saturated carbocycles. The van der Waals surface area contributed by atoms with Crippen molar-refractivity contribution in [2.24, 2.45) is 5.92 Å². The molecule has 0 spiro atoms. The van der Waals surface area contributed by atoms with Gasteiger partial charge in [0.05, 0.1) is 6.10 Å². The van der Waals surface area contributed by atoms with E-state index in [2.05, 4.69) is 5.32 Å². The second kappa shape index (κ2) is 3.05. The Morgan fingerprint density at radius 3 is 2.25 bits per heavy atom. The van der Waals surface area contributed by atoms with Gasteiger partial charge in [0, 0.05) is 13.1 Å². The number of β-amino-alcohol motifs (C(OH)–C–C–N with tert-alkyl or cyclic N) is 1. The van der Waals surface area contributed by atoms with Gasteiger partial charge >= 0.3 is 0 Å². The average Bonchev–Trinajstić information content (AvgIpc) is 1.91. The molecule has 0 aromatic heterocycles. The molecule has 50 valence electrons. The summed E-state index contributed by atoms with van der Waals surface area (Å²) in [4.78, 5) is 0. The lowest BCUT2D eigenvalue weighted by molar-refractivity contribution is 0.156. The van der Waals surface area contributed by atoms with Gasteiger partial charge in [-0.25, -0.2) is 0 Å². The zero-order valence-corrected chi connectivity index (χ0v) is 4.52. The van der Waals surface area contributed by atoms with Crippen molar-refractivity contribution in [1.82, 2.24) is 5.32 Å². The van der Waals surface area contributed by atoms with Crippen LogP contribution in [0, 0.1) is 5.92 Å². The molecule has 0 aromatic rings. The molecule has 2 N–H and O–H groups in total. The van der Waals surface area contributed by atoms with Gasteiger partial charge in [-0.2, -0.15) is 0 Å². The fourth-order valence-electron chi connectivity index (χ4n) is 0.796. The molecule has 2 unspecified atom stereocenters. The molecule has 1 fully saturated rings. The molecule has 2 atom stereocenters. The first-order chi connectivity index (χ1) is 3.30. The van der Waals surface area contributed by atoms with E-state index >= 15 is 0 Å². The molecule has 0 aliphatic carbocycles. The van der Waals surface area contributed by atoms with Crippen LogP contribution in [0.2, 0.25) is 0 Å². The molecule has 1 rings (SSSR count). The predicted molar refractivity (Wildman–Crippen MR) is 34.8 cm³/mol. The first kappa shape index (κ1) is 7.92. The Morgan fingerprint density at radius 2 is 2.12 bits per heavy atom. The van der Waals surface area contributed by atoms with Gasteiger partial charge in [0.25, 0.3) is 0 Å². The lowest BCUT2D eigenvalue weighted by Crippen LogP contribution is -2.14. The molecule has 1 aliphatic heterocycles. The van der Waals surface area contributed by atoms with Crippen LogP contribution in [0.15, 0.2) is 0 Å². The van der Waals surface area contributed by atoms with Crippen LogP contribution in [0.3, 0.4) is 0 Å². The van der Waals surface area contributed by atoms with Gasteiger partial charge in [-0.1, -0.05) is 14.4 Å². The van der Waals surface area contributed by atoms with Crippen LogP contribution >= 0.6 is 0 Å². The van der Waals surface area contributed by atoms with Crippen molar-refractivity contribution >= 4 is 0 Å². The molecule has 1 saturated heterocycles. The first-order valence-electron chi connectivity index (χ1n) is 2.69. The van der Waals surface area contributed by atoms with E-state index in [0.29, 0.717) is 5.92 Å². The van der Waals surface area contributed by atoms with E-state index in [1.54, 1.807) is 0 Å². The Balaban J connectivity index is 0.000000490. The molecule has 0 radical (unpaired) electrons. The second-order valence-electron chi connectivity index (χ2n) is 2.20. The third-order valence-corrected chi connectivity index (χ3v) is 1.48. The van der Waals surface area contributed by atoms with Crippen molar-refractivity contribution in [3.63, 3.8) is 0 Å². The number of hydrogen-bond donors (Lipinski definition) is 2. The summed E-state index contributed by atoms with van der Waals surface area (Å²) in [7, 11) is 0. The number of hydrogen-bond acceptors (Lipinski definition) is 2. The van der Waals surface area contributed by atoms with Crippen LogP contribution in [0.25, 0.3) is 0 Å². The van der Waals surface area contributed by atoms with E-state index in [1.807, 2.05) is 6.92 Å². The van der Waals surface area contributed by atoms with Crippen LogP contribution < -0.4 is 5.32 Å². The van der Waals surface area contributed by atoms with Crippen molar-refractivity contribution in [2.45, 2.75) is 20.5 Å². The third-order valence-electron chi connectivity index (χ3n) is 1.48. The van der Waals surface area contributed by atoms with Crippen molar-refractivity contribution in [2.75, 3.05) is 13.1 Å². The Kier molecular flexibility index (Phi) is 3.02. The Morgan fingerprint density at radius 1 is 1.50 bits per heavy atom. The minimum Gasteiger partial charge on any atom is -0.391 e. The highest BCUT2D eigenvalue weighted by atomic mass is 16.3. The Hall–Kier alpha value is -0.0800. The second-order valence-corrected chi connectivity index (χ2v) is 2.20. The van der Waals surface area contributed by atoms with E-state index in [9.17, 15) is 0 Å². The predicted octanol–water partition coefficient (Wildman–Crippen LogP) is 0.223. The largest absolute Gasteiger partial charge is 0.391 e. The summed E-state index contributed by atoms with van der Waals surface area (Å²) < 4.78 is 0. The molecule has 0 bridgehead atoms. The van der Waals surface area contributed by atoms with E-state index in [4.69, 9.17) is 5.11 Å². The number of rotatable bonds is 0. The molecule has 2 heteroatoms. The van der Waals surface area contributed by atoms with E-state index in [-0.39, 0.29) is 13.5 Å². The average molecular weight is 117 g/mol. The maximum atomic E-state index is 8.94. The summed E-state index contributed by atoms with van der Waals surface area (Å²) in [6.45, 7) is 3.80. The lowest BCUT2D eigenvalue weighted by atomic mass is 10.1. The standard InChI is InChI=1S/C5H11NO.CH4/c1-4-2-6-3-5(4)7;/h4-7H,2-3H2,1H3;1H4. The Bertz CT molecular complexity index is 57.5. The Labute approximate surface area is 50.9 Å². The molecule has 0 aromatic carbocycles. The molecule has 1 aliphatic rings. The summed E-state index contributed by atoms with van der Waals surface area (Å²) >= 11 is 0. The minimum absolute atomic E-state index is 0. The van der Waals surface area contributed by atoms with Crippen LogP contribution in [0.1, 0.15) is 14.4 Å². The van der Waals surface area contributed by atoms with E-state index < -0.39 is 0 Å². The van der Waals surface area contributed by atoms with E-state index in [0.717, 1.165) is 13.1 Å². The van der Waals surface area contributed by atoms with Gasteiger partial charge in [0.2, 0.25) is 0 Å². The highest BCUT2D eigenvalue weighted by Crippen LogP contribution is 2.05. The molecule has 1 heterocycles. The summed E-state index contributed by atoms with van der Waals surface area (Å²) in [5.74, 6) is 0.458. The minimum atomic E-state index is -0.0972. The number of aliphatic hydroxyl groups excluding tert-OH is 1. The zero-order valence-electron chi connectivity index (χ0n) is 4.52. The van der Waals surface area contributed by atoms with Crippen LogP contribution in [0.4, 0.5) is 0 Å². The fourth-order valence-corrected chi connectivity index (χ4v) is 0.796. The van der Waals surface area contributed by atoms with Gasteiger partial charge in [0.1, 0.15) is 0 Å². The summed E-state index contributed by atoms with van der Waals surface area (Å²) in [6.07, 6.45) is -0.0972. The summed E-state index contributed by atoms with van der Waals surface area (Å²) in [6, 6.07) is 0. The summed E-state index contributed by atoms with van der Waals surface area (Å²) in [5.41, 5.74) is 0. The SMILES string of the molecule is C.CC1CNCC1O. The van der Waals surface area contributed by atoms with Crippen molar-refractivity contribution in [3.05, 3.63) is 0 Å². The van der Waals surface area contributed by atoms with Gasteiger partial charge in [0.15, 0.2) is 0 Å². The first-order valence-corrected chi connectivity index (χ1v) is 2.69. The van der Waals surface area contributed by atoms with Gasteiger partial charge in [-0.3, -0.25) is 0 Å². The smallest absolute Gasteiger partial charge is 0.0702 e. The van der Waals surface area contributed by atoms with Gasteiger partial charge in [-0.05, 0) is 5.92 Å². The normalized spacial score (nSPS) is 36.8. The number of aliphatic hydroxyl groups is 1. The van der Waals surface area contributed by atoms with Crippen molar-refractivity contribution < 1.29 is 5.11 Å². The third kappa shape index (κ3) is 1.46. The van der Waals surface area contributed by atoms with E-state index in [1.165, 1.54) is 0 Å². The van der Waals surface area contributed by atoms with Crippen molar-refractivity contribution in [1.29, 1.82) is 0 Å². The highest BCUT2D eigenvalue weighted by molar-refractivity contribution is 4.75. The quantitative estimate of drug-likeness (QED) is 0.476. The lowest BCUT2D eigenvalue weighted by Gasteiger charge is -2.02. The fraction of sp³-hybridized carbons (Fsp3) is 1.00. The van der Waals surface area contributed by atoms with Crippen LogP contribution in [-0.2, 0) is 0 Å². The van der Waals surface area contributed by atoms with Crippen LogP contribution in [-0.4, -0.2) is 24.3 Å². The van der Waals surface area contributed by atoms with Gasteiger partial charge < -0.3 is 10.4 Å². The molecular weight excluding hydrogens is 102 g/mol. The molecule has 0 amide bonds.